The van der Waals surface area contributed by atoms with Gasteiger partial charge in [-0.05, 0) is 0 Å². The van der Waals surface area contributed by atoms with E-state index in [0.29, 0.717) is 0 Å². The zero-order valence-electron chi connectivity index (χ0n) is 2.29. The van der Waals surface area contributed by atoms with Crippen molar-refractivity contribution in [2.24, 2.45) is 0 Å². The summed E-state index contributed by atoms with van der Waals surface area (Å²) in [7, 11) is 0. The van der Waals surface area contributed by atoms with Crippen LogP contribution >= 0.6 is 47.7 Å². The molecule has 0 aliphatic rings. The Bertz CT molecular complexity index is 11.6. The van der Waals surface area contributed by atoms with Crippen molar-refractivity contribution in [3.05, 3.63) is 0 Å². The molecule has 0 aliphatic carbocycles. The monoisotopic (exact) mass is 392 g/mol. The Morgan fingerprint density at radius 2 is 1.00 bits per heavy atom. The van der Waals surface area contributed by atoms with Gasteiger partial charge in [-0.15, -0.1) is 0 Å². The molecule has 0 saturated heterocycles. The number of hydrogen-bond acceptors (Lipinski definition) is 0. The predicted octanol–water partition coefficient (Wildman–Crippen LogP) is 2.21. The van der Waals surface area contributed by atoms with E-state index in [-0.39, 0.29) is 9.90 Å². The first-order chi connectivity index (χ1) is 1.73. The third kappa shape index (κ3) is 20.3. The van der Waals surface area contributed by atoms with E-state index < -0.39 is 13.5 Å². The summed E-state index contributed by atoms with van der Waals surface area (Å²) in [6.45, 7) is 0. The molecule has 0 fully saturated rings. The van der Waals surface area contributed by atoms with Crippen molar-refractivity contribution in [1.82, 2.24) is 0 Å². The van der Waals surface area contributed by atoms with Crippen molar-refractivity contribution in [3.8, 4) is 0 Å². The molecule has 0 spiro atoms. The van der Waals surface area contributed by atoms with Crippen molar-refractivity contribution < 1.29 is 0 Å². The van der Waals surface area contributed by atoms with Gasteiger partial charge in [0.15, 0.2) is 0 Å². The average molecular weight is 395 g/mol. The van der Waals surface area contributed by atoms with Crippen molar-refractivity contribution in [2.45, 2.75) is 0 Å². The molecule has 5 heavy (non-hydrogen) atoms. The van der Waals surface area contributed by atoms with Crippen LogP contribution in [-0.4, -0.2) is 13.5 Å². The van der Waals surface area contributed by atoms with E-state index in [4.69, 9.17) is 0 Å². The summed E-state index contributed by atoms with van der Waals surface area (Å²) < 4.78 is 0. The fourth-order valence-electron chi connectivity index (χ4n) is 0. The molecule has 0 nitrogen and oxygen atoms in total. The zero-order valence-corrected chi connectivity index (χ0v) is 11.0. The van der Waals surface area contributed by atoms with Crippen LogP contribution in [0.4, 0.5) is 0 Å². The first kappa shape index (κ1) is 10.6. The fourth-order valence-corrected chi connectivity index (χ4v) is 0. The third-order valence-electron chi connectivity index (χ3n) is 0. The van der Waals surface area contributed by atoms with Crippen molar-refractivity contribution in [3.63, 3.8) is 0 Å². The van der Waals surface area contributed by atoms with E-state index in [0.717, 1.165) is 0 Å². The van der Waals surface area contributed by atoms with Gasteiger partial charge in [0.25, 0.3) is 0 Å². The van der Waals surface area contributed by atoms with Crippen LogP contribution in [0.2, 0.25) is 0 Å². The number of rotatable bonds is 0. The van der Waals surface area contributed by atoms with Crippen LogP contribution in [0, 0.1) is 0 Å². The van der Waals surface area contributed by atoms with Crippen molar-refractivity contribution >= 4 is 61.1 Å². The maximum absolute atomic E-state index is 3.29. The van der Waals surface area contributed by atoms with E-state index >= 15 is 0 Å². The standard InChI is InChI=1S/3BrH.H3P.Sb/h3*1H;1H3;/q;;;;+3/p-3. The second-order valence-electron chi connectivity index (χ2n) is 0.192. The normalized spacial score (nSPS) is 7.20. The summed E-state index contributed by atoms with van der Waals surface area (Å²) in [4.78, 5) is 0. The van der Waals surface area contributed by atoms with Gasteiger partial charge in [0.2, 0.25) is 0 Å². The molecule has 0 radical (unpaired) electrons. The molecule has 0 saturated carbocycles. The molecular formula is H3Br3PSb. The predicted molar refractivity (Wildman–Crippen MR) is 43.6 cm³/mol. The topological polar surface area (TPSA) is 0 Å². The summed E-state index contributed by atoms with van der Waals surface area (Å²) in [5.74, 6) is 0. The van der Waals surface area contributed by atoms with E-state index in [1.165, 1.54) is 0 Å². The van der Waals surface area contributed by atoms with Crippen molar-refractivity contribution in [2.75, 3.05) is 0 Å². The summed E-state index contributed by atoms with van der Waals surface area (Å²) in [6, 6.07) is 0. The summed E-state index contributed by atoms with van der Waals surface area (Å²) in [5.41, 5.74) is 0. The van der Waals surface area contributed by atoms with Crippen LogP contribution in [-0.2, 0) is 0 Å². The zero-order chi connectivity index (χ0) is 3.58. The van der Waals surface area contributed by atoms with Crippen molar-refractivity contribution in [1.29, 1.82) is 0 Å². The van der Waals surface area contributed by atoms with Crippen LogP contribution in [0.3, 0.4) is 0 Å². The first-order valence-electron chi connectivity index (χ1n) is 0.507. The molecule has 0 heterocycles. The van der Waals surface area contributed by atoms with Gasteiger partial charge in [0.05, 0.1) is 0 Å². The molecule has 0 aromatic heterocycles. The van der Waals surface area contributed by atoms with Crippen LogP contribution in [0.5, 0.6) is 0 Å². The molecule has 0 bridgehead atoms. The first-order valence-corrected chi connectivity index (χ1v) is 17.7. The van der Waals surface area contributed by atoms with Gasteiger partial charge in [0.1, 0.15) is 0 Å². The molecule has 0 aliphatic heterocycles. The SMILES string of the molecule is P.[Br][Sb]([Br])[Br]. The average Bonchev–Trinajstić information content (AvgIpc) is 0.811. The minimum atomic E-state index is -1.01. The molecule has 1 unspecified atom stereocenters. The molecular weight excluding hydrogens is 392 g/mol. The third-order valence-corrected chi connectivity index (χ3v) is 0. The van der Waals surface area contributed by atoms with Gasteiger partial charge in [-0.3, -0.25) is 0 Å². The Kier molecular flexibility index (Phi) is 14.2. The Morgan fingerprint density at radius 3 is 1.00 bits per heavy atom. The van der Waals surface area contributed by atoms with Gasteiger partial charge >= 0.3 is 51.2 Å². The second kappa shape index (κ2) is 6.69. The van der Waals surface area contributed by atoms with Crippen LogP contribution < -0.4 is 0 Å². The maximum atomic E-state index is 3.29. The summed E-state index contributed by atoms with van der Waals surface area (Å²) >= 11 is 8.85. The fraction of sp³-hybridized carbons (Fsp3) is 0. The van der Waals surface area contributed by atoms with Crippen LogP contribution in [0.25, 0.3) is 0 Å². The Morgan fingerprint density at radius 1 is 1.00 bits per heavy atom. The Hall–Kier alpha value is 2.69. The summed E-state index contributed by atoms with van der Waals surface area (Å²) in [5, 5.41) is 0. The van der Waals surface area contributed by atoms with Gasteiger partial charge in [-0.2, -0.15) is 9.90 Å². The van der Waals surface area contributed by atoms with Crippen LogP contribution in [0.15, 0.2) is 0 Å². The minimum absolute atomic E-state index is 0. The molecule has 0 amide bonds. The van der Waals surface area contributed by atoms with E-state index in [1.807, 2.05) is 0 Å². The van der Waals surface area contributed by atoms with Gasteiger partial charge in [-0.1, -0.05) is 0 Å². The van der Waals surface area contributed by atoms with Gasteiger partial charge in [-0.25, -0.2) is 0 Å². The summed E-state index contributed by atoms with van der Waals surface area (Å²) in [6.07, 6.45) is 0. The van der Waals surface area contributed by atoms with E-state index in [1.54, 1.807) is 0 Å². The van der Waals surface area contributed by atoms with E-state index in [2.05, 4.69) is 37.8 Å². The molecule has 0 aromatic carbocycles. The molecule has 0 rings (SSSR count). The quantitative estimate of drug-likeness (QED) is 0.436. The van der Waals surface area contributed by atoms with Gasteiger partial charge < -0.3 is 0 Å². The molecule has 34 valence electrons. The molecule has 1 atom stereocenters. The number of hydrogen-bond donors (Lipinski definition) is 0. The molecule has 5 heteroatoms. The number of halogens is 3. The second-order valence-corrected chi connectivity index (χ2v) is 34.7. The van der Waals surface area contributed by atoms with Gasteiger partial charge in [0, 0.05) is 0 Å². The Balaban J connectivity index is 0. The van der Waals surface area contributed by atoms with E-state index in [9.17, 15) is 0 Å². The Labute approximate surface area is 60.1 Å². The molecule has 0 N–H and O–H groups in total. The van der Waals surface area contributed by atoms with Crippen LogP contribution in [0.1, 0.15) is 0 Å². The molecule has 0 aromatic rings.